The SMILES string of the molecule is CC(=O)OCC[C@@]12CCCN3CC[C@@H]4c5ccccc5N[C@]4(CC1)[C@H]32. The minimum atomic E-state index is -0.148. The van der Waals surface area contributed by atoms with Crippen LogP contribution in [0.5, 0.6) is 0 Å². The molecule has 3 heterocycles. The van der Waals surface area contributed by atoms with Crippen LogP contribution in [0.15, 0.2) is 24.3 Å². The first-order valence-corrected chi connectivity index (χ1v) is 9.89. The minimum Gasteiger partial charge on any atom is -0.466 e. The van der Waals surface area contributed by atoms with Gasteiger partial charge in [0, 0.05) is 24.6 Å². The average molecular weight is 340 g/mol. The number of rotatable bonds is 3. The van der Waals surface area contributed by atoms with Gasteiger partial charge in [0.2, 0.25) is 0 Å². The van der Waals surface area contributed by atoms with Gasteiger partial charge in [0.15, 0.2) is 0 Å². The van der Waals surface area contributed by atoms with Crippen LogP contribution in [0.1, 0.15) is 56.9 Å². The lowest BCUT2D eigenvalue weighted by atomic mass is 9.64. The topological polar surface area (TPSA) is 41.6 Å². The lowest BCUT2D eigenvalue weighted by Gasteiger charge is -2.56. The summed E-state index contributed by atoms with van der Waals surface area (Å²) in [6.07, 6.45) is 7.34. The van der Waals surface area contributed by atoms with E-state index in [1.54, 1.807) is 0 Å². The molecule has 0 aromatic heterocycles. The van der Waals surface area contributed by atoms with E-state index in [4.69, 9.17) is 4.74 Å². The molecule has 4 heteroatoms. The van der Waals surface area contributed by atoms with Crippen molar-refractivity contribution < 1.29 is 9.53 Å². The maximum atomic E-state index is 11.3. The summed E-state index contributed by atoms with van der Waals surface area (Å²) in [7, 11) is 0. The van der Waals surface area contributed by atoms with E-state index in [2.05, 4.69) is 34.5 Å². The zero-order chi connectivity index (χ0) is 17.1. The molecule has 0 bridgehead atoms. The van der Waals surface area contributed by atoms with Crippen molar-refractivity contribution in [3.05, 3.63) is 29.8 Å². The van der Waals surface area contributed by atoms with Crippen molar-refractivity contribution >= 4 is 11.7 Å². The highest BCUT2D eigenvalue weighted by atomic mass is 16.5. The van der Waals surface area contributed by atoms with Crippen molar-refractivity contribution in [3.8, 4) is 0 Å². The van der Waals surface area contributed by atoms with Crippen LogP contribution in [-0.4, -0.2) is 42.1 Å². The van der Waals surface area contributed by atoms with Crippen molar-refractivity contribution in [3.63, 3.8) is 0 Å². The number of hydrogen-bond donors (Lipinski definition) is 1. The molecule has 0 radical (unpaired) electrons. The van der Waals surface area contributed by atoms with E-state index < -0.39 is 0 Å². The van der Waals surface area contributed by atoms with Crippen LogP contribution in [0.3, 0.4) is 0 Å². The quantitative estimate of drug-likeness (QED) is 0.855. The summed E-state index contributed by atoms with van der Waals surface area (Å²) < 4.78 is 5.36. The van der Waals surface area contributed by atoms with Crippen LogP contribution < -0.4 is 5.32 Å². The smallest absolute Gasteiger partial charge is 0.302 e. The zero-order valence-corrected chi connectivity index (χ0v) is 15.1. The molecule has 4 atom stereocenters. The number of fused-ring (bicyclic) bond motifs is 2. The van der Waals surface area contributed by atoms with E-state index in [-0.39, 0.29) is 11.5 Å². The van der Waals surface area contributed by atoms with Crippen LogP contribution in [-0.2, 0) is 9.53 Å². The van der Waals surface area contributed by atoms with E-state index in [0.717, 1.165) is 6.42 Å². The number of esters is 1. The lowest BCUT2D eigenvalue weighted by Crippen LogP contribution is -2.65. The van der Waals surface area contributed by atoms with Gasteiger partial charge < -0.3 is 10.1 Å². The highest BCUT2D eigenvalue weighted by molar-refractivity contribution is 5.66. The molecule has 5 rings (SSSR count). The molecule has 3 fully saturated rings. The van der Waals surface area contributed by atoms with E-state index in [1.807, 2.05) is 0 Å². The summed E-state index contributed by atoms with van der Waals surface area (Å²) in [5.41, 5.74) is 3.39. The molecule has 1 saturated carbocycles. The van der Waals surface area contributed by atoms with Crippen molar-refractivity contribution in [2.24, 2.45) is 5.41 Å². The molecular weight excluding hydrogens is 312 g/mol. The number of carbonyl (C=O) groups is 1. The number of ether oxygens (including phenoxy) is 1. The third-order valence-corrected chi connectivity index (χ3v) is 7.53. The summed E-state index contributed by atoms with van der Waals surface area (Å²) in [4.78, 5) is 14.0. The molecule has 0 unspecified atom stereocenters. The summed E-state index contributed by atoms with van der Waals surface area (Å²) in [6.45, 7) is 4.54. The Bertz CT molecular complexity index is 705. The number of anilines is 1. The second-order valence-corrected chi connectivity index (χ2v) is 8.59. The monoisotopic (exact) mass is 340 g/mol. The third-order valence-electron chi connectivity index (χ3n) is 7.53. The van der Waals surface area contributed by atoms with Crippen molar-refractivity contribution in [2.75, 3.05) is 25.0 Å². The number of nitrogens with zero attached hydrogens (tertiary/aromatic N) is 1. The number of benzene rings is 1. The Morgan fingerprint density at radius 3 is 3.04 bits per heavy atom. The Labute approximate surface area is 149 Å². The molecule has 1 aromatic rings. The summed E-state index contributed by atoms with van der Waals surface area (Å²) in [5, 5.41) is 4.02. The van der Waals surface area contributed by atoms with Crippen LogP contribution in [0, 0.1) is 5.41 Å². The molecule has 1 N–H and O–H groups in total. The van der Waals surface area contributed by atoms with Gasteiger partial charge in [-0.15, -0.1) is 0 Å². The van der Waals surface area contributed by atoms with E-state index in [9.17, 15) is 4.79 Å². The first kappa shape index (κ1) is 15.7. The Hall–Kier alpha value is -1.55. The van der Waals surface area contributed by atoms with Gasteiger partial charge in [-0.2, -0.15) is 0 Å². The van der Waals surface area contributed by atoms with Crippen LogP contribution in [0.25, 0.3) is 0 Å². The standard InChI is InChI=1S/C21H28N2O2/c1-15(24)25-14-11-20-8-4-12-23-13-7-17-16-5-2-3-6-18(16)22-21(17,10-9-20)19(20)23/h2-3,5-6,17,19,22H,4,7-14H2,1H3/t17-,19-,20-,21+/m1/s1. The molecule has 2 saturated heterocycles. The predicted octanol–water partition coefficient (Wildman–Crippen LogP) is 3.54. The van der Waals surface area contributed by atoms with Gasteiger partial charge in [-0.25, -0.2) is 0 Å². The normalized spacial score (nSPS) is 38.4. The molecule has 25 heavy (non-hydrogen) atoms. The van der Waals surface area contributed by atoms with E-state index in [1.165, 1.54) is 63.4 Å². The van der Waals surface area contributed by atoms with Gasteiger partial charge in [0.05, 0.1) is 12.1 Å². The Kier molecular flexibility index (Phi) is 3.43. The predicted molar refractivity (Wildman–Crippen MR) is 97.7 cm³/mol. The average Bonchev–Trinajstić information content (AvgIpc) is 3.11. The van der Waals surface area contributed by atoms with Gasteiger partial charge in [-0.1, -0.05) is 18.2 Å². The molecule has 3 aliphatic heterocycles. The largest absolute Gasteiger partial charge is 0.466 e. The zero-order valence-electron chi connectivity index (χ0n) is 15.1. The van der Waals surface area contributed by atoms with Crippen LogP contribution in [0.2, 0.25) is 0 Å². The fourth-order valence-electron chi connectivity index (χ4n) is 6.77. The van der Waals surface area contributed by atoms with Gasteiger partial charge in [0.1, 0.15) is 0 Å². The minimum absolute atomic E-state index is 0.148. The fraction of sp³-hybridized carbons (Fsp3) is 0.667. The van der Waals surface area contributed by atoms with E-state index >= 15 is 0 Å². The van der Waals surface area contributed by atoms with Crippen LogP contribution in [0.4, 0.5) is 5.69 Å². The summed E-state index contributed by atoms with van der Waals surface area (Å²) in [5.74, 6) is 0.489. The highest BCUT2D eigenvalue weighted by Gasteiger charge is 2.66. The Morgan fingerprint density at radius 2 is 2.16 bits per heavy atom. The van der Waals surface area contributed by atoms with E-state index in [0.29, 0.717) is 24.0 Å². The second kappa shape index (κ2) is 5.47. The molecule has 0 amide bonds. The summed E-state index contributed by atoms with van der Waals surface area (Å²) >= 11 is 0. The van der Waals surface area contributed by atoms with Gasteiger partial charge >= 0.3 is 5.97 Å². The van der Waals surface area contributed by atoms with Gasteiger partial charge in [0.25, 0.3) is 0 Å². The number of hydrogen-bond acceptors (Lipinski definition) is 4. The maximum Gasteiger partial charge on any atom is 0.302 e. The number of carbonyl (C=O) groups excluding carboxylic acids is 1. The first-order valence-electron chi connectivity index (χ1n) is 9.89. The number of para-hydroxylation sites is 1. The molecule has 1 aromatic carbocycles. The molecule has 1 aliphatic carbocycles. The van der Waals surface area contributed by atoms with Crippen molar-refractivity contribution in [1.82, 2.24) is 4.90 Å². The van der Waals surface area contributed by atoms with Gasteiger partial charge in [-0.05, 0) is 68.7 Å². The Morgan fingerprint density at radius 1 is 1.28 bits per heavy atom. The lowest BCUT2D eigenvalue weighted by molar-refractivity contribution is -0.142. The Balaban J connectivity index is 1.50. The maximum absolute atomic E-state index is 11.3. The number of piperidine rings is 2. The number of nitrogens with one attached hydrogen (secondary N) is 1. The van der Waals surface area contributed by atoms with Gasteiger partial charge in [-0.3, -0.25) is 9.69 Å². The molecular formula is C21H28N2O2. The highest BCUT2D eigenvalue weighted by Crippen LogP contribution is 2.64. The second-order valence-electron chi connectivity index (χ2n) is 8.59. The van der Waals surface area contributed by atoms with Crippen molar-refractivity contribution in [1.29, 1.82) is 0 Å². The van der Waals surface area contributed by atoms with Crippen LogP contribution >= 0.6 is 0 Å². The van der Waals surface area contributed by atoms with Crippen molar-refractivity contribution in [2.45, 2.75) is 62.9 Å². The molecule has 134 valence electrons. The molecule has 4 aliphatic rings. The third kappa shape index (κ3) is 2.13. The molecule has 1 spiro atoms. The summed E-state index contributed by atoms with van der Waals surface area (Å²) in [6, 6.07) is 9.51. The fourth-order valence-corrected chi connectivity index (χ4v) is 6.77. The first-order chi connectivity index (χ1) is 12.1. The molecule has 4 nitrogen and oxygen atoms in total.